The smallest absolute Gasteiger partial charge is 0.410 e. The van der Waals surface area contributed by atoms with E-state index < -0.39 is 0 Å². The van der Waals surface area contributed by atoms with Gasteiger partial charge in [-0.15, -0.1) is 0 Å². The molecule has 0 aromatic carbocycles. The van der Waals surface area contributed by atoms with Crippen molar-refractivity contribution in [1.29, 1.82) is 0 Å². The van der Waals surface area contributed by atoms with Crippen LogP contribution in [0.15, 0.2) is 0 Å². The van der Waals surface area contributed by atoms with Crippen LogP contribution in [-0.2, 0) is 9.47 Å². The summed E-state index contributed by atoms with van der Waals surface area (Å²) in [5, 5.41) is 0. The Morgan fingerprint density at radius 3 is 1.08 bits per heavy atom. The van der Waals surface area contributed by atoms with Crippen LogP contribution in [0.3, 0.4) is 0 Å². The summed E-state index contributed by atoms with van der Waals surface area (Å²) < 4.78 is 10.7. The molecule has 0 bridgehead atoms. The largest absolute Gasteiger partial charge is 0.444 e. The number of ether oxygens (including phenoxy) is 2. The first-order chi connectivity index (χ1) is 16.7. The van der Waals surface area contributed by atoms with Crippen molar-refractivity contribution in [2.45, 2.75) is 116 Å². The highest BCUT2D eigenvalue weighted by Crippen LogP contribution is 2.36. The molecule has 4 N–H and O–H groups in total. The van der Waals surface area contributed by atoms with E-state index >= 15 is 0 Å². The fraction of sp³-hybridized carbons (Fsp3) is 0.929. The molecule has 2 saturated heterocycles. The Morgan fingerprint density at radius 1 is 0.556 bits per heavy atom. The zero-order valence-electron chi connectivity index (χ0n) is 23.6. The molecule has 0 unspecified atom stereocenters. The van der Waals surface area contributed by atoms with E-state index in [2.05, 4.69) is 0 Å². The van der Waals surface area contributed by atoms with Crippen LogP contribution < -0.4 is 11.5 Å². The van der Waals surface area contributed by atoms with Crippen LogP contribution in [0.25, 0.3) is 0 Å². The zero-order valence-corrected chi connectivity index (χ0v) is 23.6. The molecule has 208 valence electrons. The maximum absolute atomic E-state index is 11.8. The number of nitrogens with two attached hydrogens (primary N) is 2. The predicted molar refractivity (Wildman–Crippen MR) is 142 cm³/mol. The lowest BCUT2D eigenvalue weighted by Crippen LogP contribution is -2.54. The van der Waals surface area contributed by atoms with Gasteiger partial charge >= 0.3 is 12.2 Å². The van der Waals surface area contributed by atoms with E-state index in [1.54, 1.807) is 0 Å². The van der Waals surface area contributed by atoms with Gasteiger partial charge in [0.25, 0.3) is 0 Å². The first-order valence-electron chi connectivity index (χ1n) is 14.2. The molecule has 2 heterocycles. The number of rotatable bonds is 2. The van der Waals surface area contributed by atoms with Gasteiger partial charge in [-0.1, -0.05) is 0 Å². The van der Waals surface area contributed by atoms with Crippen molar-refractivity contribution in [1.82, 2.24) is 9.80 Å². The molecule has 2 aliphatic heterocycles. The molecule has 8 nitrogen and oxygen atoms in total. The molecular formula is C28H52N4O4. The molecule has 36 heavy (non-hydrogen) atoms. The van der Waals surface area contributed by atoms with Gasteiger partial charge in [0, 0.05) is 38.3 Å². The molecule has 4 aliphatic rings. The lowest BCUT2D eigenvalue weighted by Gasteiger charge is -2.45. The summed E-state index contributed by atoms with van der Waals surface area (Å²) in [4.78, 5) is 27.3. The topological polar surface area (TPSA) is 111 Å². The second-order valence-electron chi connectivity index (χ2n) is 13.6. The third-order valence-corrected chi connectivity index (χ3v) is 8.09. The average Bonchev–Trinajstić information content (AvgIpc) is 2.66. The number of carbonyl (C=O) groups is 2. The van der Waals surface area contributed by atoms with Crippen molar-refractivity contribution in [3.05, 3.63) is 0 Å². The van der Waals surface area contributed by atoms with Crippen LogP contribution >= 0.6 is 0 Å². The van der Waals surface area contributed by atoms with E-state index in [0.29, 0.717) is 23.9 Å². The van der Waals surface area contributed by atoms with Gasteiger partial charge in [-0.2, -0.15) is 0 Å². The van der Waals surface area contributed by atoms with Crippen molar-refractivity contribution in [2.24, 2.45) is 35.1 Å². The van der Waals surface area contributed by atoms with E-state index in [-0.39, 0.29) is 23.4 Å². The zero-order chi connectivity index (χ0) is 26.7. The molecular weight excluding hydrogens is 456 g/mol. The molecule has 0 spiro atoms. The normalized spacial score (nSPS) is 29.9. The molecule has 0 aromatic heterocycles. The second kappa shape index (κ2) is 11.9. The first kappa shape index (κ1) is 29.0. The van der Waals surface area contributed by atoms with E-state index in [1.165, 1.54) is 25.7 Å². The van der Waals surface area contributed by atoms with Crippen LogP contribution in [-0.4, -0.2) is 71.5 Å². The molecule has 4 rings (SSSR count). The lowest BCUT2D eigenvalue weighted by atomic mass is 9.75. The number of likely N-dealkylation sites (tertiary alicyclic amines) is 2. The highest BCUT2D eigenvalue weighted by molar-refractivity contribution is 5.69. The molecule has 8 heteroatoms. The summed E-state index contributed by atoms with van der Waals surface area (Å²) in [7, 11) is 0. The minimum Gasteiger partial charge on any atom is -0.444 e. The quantitative estimate of drug-likeness (QED) is 0.557. The average molecular weight is 509 g/mol. The van der Waals surface area contributed by atoms with Crippen molar-refractivity contribution < 1.29 is 19.1 Å². The third kappa shape index (κ3) is 8.79. The Morgan fingerprint density at radius 2 is 0.833 bits per heavy atom. The molecule has 4 fully saturated rings. The highest BCUT2D eigenvalue weighted by atomic mass is 16.6. The fourth-order valence-corrected chi connectivity index (χ4v) is 5.81. The second-order valence-corrected chi connectivity index (χ2v) is 13.6. The van der Waals surface area contributed by atoms with Crippen molar-refractivity contribution in [3.8, 4) is 0 Å². The van der Waals surface area contributed by atoms with Gasteiger partial charge in [-0.3, -0.25) is 0 Å². The molecule has 0 atom stereocenters. The Hall–Kier alpha value is -1.54. The van der Waals surface area contributed by atoms with Gasteiger partial charge in [0.15, 0.2) is 0 Å². The Labute approximate surface area is 218 Å². The highest BCUT2D eigenvalue weighted by Gasteiger charge is 2.40. The van der Waals surface area contributed by atoms with E-state index in [9.17, 15) is 9.59 Å². The van der Waals surface area contributed by atoms with Crippen molar-refractivity contribution in [2.75, 3.05) is 26.2 Å². The predicted octanol–water partition coefficient (Wildman–Crippen LogP) is 4.74. The number of carbonyl (C=O) groups excluding carboxylic acids is 2. The summed E-state index contributed by atoms with van der Waals surface area (Å²) in [6.07, 6.45) is 9.18. The lowest BCUT2D eigenvalue weighted by molar-refractivity contribution is -0.0156. The summed E-state index contributed by atoms with van der Waals surface area (Å²) >= 11 is 0. The summed E-state index contributed by atoms with van der Waals surface area (Å²) in [5.41, 5.74) is 11.1. The van der Waals surface area contributed by atoms with Crippen molar-refractivity contribution >= 4 is 12.2 Å². The van der Waals surface area contributed by atoms with Crippen LogP contribution in [0.1, 0.15) is 92.9 Å². The third-order valence-electron chi connectivity index (χ3n) is 8.09. The Balaban J connectivity index is 0.000000201. The minimum atomic E-state index is -0.389. The van der Waals surface area contributed by atoms with Gasteiger partial charge in [-0.05, 0) is 117 Å². The van der Waals surface area contributed by atoms with E-state index in [1.807, 2.05) is 51.3 Å². The Bertz CT molecular complexity index is 657. The fourth-order valence-electron chi connectivity index (χ4n) is 5.81. The first-order valence-corrected chi connectivity index (χ1v) is 14.2. The van der Waals surface area contributed by atoms with Gasteiger partial charge in [0.05, 0.1) is 0 Å². The molecule has 0 radical (unpaired) electrons. The maximum Gasteiger partial charge on any atom is 0.410 e. The van der Waals surface area contributed by atoms with Crippen molar-refractivity contribution in [3.63, 3.8) is 0 Å². The molecule has 2 saturated carbocycles. The molecule has 0 aromatic rings. The standard InChI is InChI=1S/2C14H26N2O2/c2*1-14(2,3)18-13(17)16-8-11(9-16)10-4-6-12(15)7-5-10/h2*10-12H,4-9,15H2,1-3H3. The maximum atomic E-state index is 11.8. The number of hydrogen-bond acceptors (Lipinski definition) is 6. The molecule has 2 amide bonds. The van der Waals surface area contributed by atoms with Gasteiger partial charge in [-0.25, -0.2) is 9.59 Å². The van der Waals surface area contributed by atoms with Crippen LogP contribution in [0.2, 0.25) is 0 Å². The minimum absolute atomic E-state index is 0.161. The number of hydrogen-bond donors (Lipinski definition) is 2. The van der Waals surface area contributed by atoms with Gasteiger partial charge in [0.1, 0.15) is 11.2 Å². The molecule has 2 aliphatic carbocycles. The Kier molecular flexibility index (Phi) is 9.58. The van der Waals surface area contributed by atoms with E-state index in [4.69, 9.17) is 20.9 Å². The van der Waals surface area contributed by atoms with Crippen LogP contribution in [0.5, 0.6) is 0 Å². The number of amides is 2. The van der Waals surface area contributed by atoms with Gasteiger partial charge in [0.2, 0.25) is 0 Å². The van der Waals surface area contributed by atoms with Crippen LogP contribution in [0, 0.1) is 23.7 Å². The summed E-state index contributed by atoms with van der Waals surface area (Å²) in [6, 6.07) is 0.812. The monoisotopic (exact) mass is 508 g/mol. The number of nitrogens with zero attached hydrogens (tertiary/aromatic N) is 2. The summed E-state index contributed by atoms with van der Waals surface area (Å²) in [6.45, 7) is 14.9. The SMILES string of the molecule is CC(C)(C)OC(=O)N1CC(C2CCC(N)CC2)C1.CC(C)(C)OC(=O)N1CC(C2CCC(N)CC2)C1. The summed E-state index contributed by atoms with van der Waals surface area (Å²) in [5.74, 6) is 2.88. The van der Waals surface area contributed by atoms with E-state index in [0.717, 1.165) is 63.7 Å². The van der Waals surface area contributed by atoms with Gasteiger partial charge < -0.3 is 30.7 Å². The van der Waals surface area contributed by atoms with Crippen LogP contribution in [0.4, 0.5) is 9.59 Å².